The Morgan fingerprint density at radius 1 is 1.16 bits per heavy atom. The molecule has 1 N–H and O–H groups in total. The summed E-state index contributed by atoms with van der Waals surface area (Å²) in [6, 6.07) is 1.76. The van der Waals surface area contributed by atoms with Crippen molar-refractivity contribution in [1.82, 2.24) is 4.90 Å². The number of rotatable bonds is 4. The number of likely N-dealkylation sites (tertiary alicyclic amines) is 1. The largest absolute Gasteiger partial charge is 0.465 e. The lowest BCUT2D eigenvalue weighted by Gasteiger charge is -2.40. The number of piperidine rings is 1. The van der Waals surface area contributed by atoms with Crippen LogP contribution < -0.4 is 5.32 Å². The van der Waals surface area contributed by atoms with Crippen LogP contribution in [0.3, 0.4) is 0 Å². The van der Waals surface area contributed by atoms with E-state index in [1.807, 2.05) is 0 Å². The molecule has 0 bridgehead atoms. The quantitative estimate of drug-likeness (QED) is 0.517. The first-order chi connectivity index (χ1) is 14.2. The van der Waals surface area contributed by atoms with Crippen molar-refractivity contribution in [2.24, 2.45) is 0 Å². The second-order valence-corrected chi connectivity index (χ2v) is 8.62. The molecule has 1 fully saturated rings. The van der Waals surface area contributed by atoms with Gasteiger partial charge in [0.2, 0.25) is 0 Å². The lowest BCUT2D eigenvalue weighted by Crippen LogP contribution is -2.52. The first-order valence-electron chi connectivity index (χ1n) is 9.89. The van der Waals surface area contributed by atoms with Gasteiger partial charge in [-0.3, -0.25) is 0 Å². The summed E-state index contributed by atoms with van der Waals surface area (Å²) in [6.07, 6.45) is -5.39. The molecule has 2 rings (SSSR count). The summed E-state index contributed by atoms with van der Waals surface area (Å²) in [7, 11) is 1.12. The summed E-state index contributed by atoms with van der Waals surface area (Å²) < 4.78 is 65.7. The molecule has 0 aromatic heterocycles. The average molecular weight is 448 g/mol. The number of halogens is 4. The van der Waals surface area contributed by atoms with E-state index in [1.54, 1.807) is 20.8 Å². The fraction of sp³-hybridized carbons (Fsp3) is 0.619. The van der Waals surface area contributed by atoms with E-state index in [0.29, 0.717) is 0 Å². The van der Waals surface area contributed by atoms with Crippen molar-refractivity contribution in [2.45, 2.75) is 64.0 Å². The summed E-state index contributed by atoms with van der Waals surface area (Å²) in [5, 5.41) is 2.59. The van der Waals surface area contributed by atoms with Crippen LogP contribution in [0.25, 0.3) is 0 Å². The van der Waals surface area contributed by atoms with Gasteiger partial charge in [0, 0.05) is 31.6 Å². The van der Waals surface area contributed by atoms with Crippen molar-refractivity contribution in [3.8, 4) is 0 Å². The minimum absolute atomic E-state index is 0.0710. The van der Waals surface area contributed by atoms with E-state index in [4.69, 9.17) is 4.74 Å². The van der Waals surface area contributed by atoms with E-state index in [1.165, 1.54) is 11.8 Å². The third-order valence-corrected chi connectivity index (χ3v) is 5.14. The summed E-state index contributed by atoms with van der Waals surface area (Å²) in [4.78, 5) is 25.3. The second kappa shape index (κ2) is 8.92. The number of ether oxygens (including phenoxy) is 2. The van der Waals surface area contributed by atoms with Crippen molar-refractivity contribution in [2.75, 3.05) is 25.5 Å². The molecule has 6 nitrogen and oxygen atoms in total. The number of nitrogens with zero attached hydrogens (tertiary/aromatic N) is 1. The SMILES string of the molecule is COC(=O)c1ccc(C(F)(F)F)c(N[C@@H](C)C2(F)CCN(C(=O)OC(C)(C)C)CC2)c1. The van der Waals surface area contributed by atoms with Gasteiger partial charge in [0.25, 0.3) is 0 Å². The van der Waals surface area contributed by atoms with E-state index in [0.717, 1.165) is 25.3 Å². The highest BCUT2D eigenvalue weighted by Crippen LogP contribution is 2.38. The number of carbonyl (C=O) groups excluding carboxylic acids is 2. The predicted molar refractivity (Wildman–Crippen MR) is 107 cm³/mol. The van der Waals surface area contributed by atoms with Gasteiger partial charge in [-0.1, -0.05) is 0 Å². The maximum atomic E-state index is 15.6. The zero-order valence-electron chi connectivity index (χ0n) is 18.2. The van der Waals surface area contributed by atoms with Crippen LogP contribution >= 0.6 is 0 Å². The zero-order valence-corrected chi connectivity index (χ0v) is 18.2. The van der Waals surface area contributed by atoms with Gasteiger partial charge in [-0.25, -0.2) is 14.0 Å². The maximum absolute atomic E-state index is 15.6. The Labute approximate surface area is 178 Å². The summed E-state index contributed by atoms with van der Waals surface area (Å²) in [5.74, 6) is -0.801. The topological polar surface area (TPSA) is 67.9 Å². The number of carbonyl (C=O) groups is 2. The highest BCUT2D eigenvalue weighted by atomic mass is 19.4. The van der Waals surface area contributed by atoms with Crippen LogP contribution in [0.15, 0.2) is 18.2 Å². The Morgan fingerprint density at radius 2 is 1.74 bits per heavy atom. The minimum atomic E-state index is -4.69. The van der Waals surface area contributed by atoms with Gasteiger partial charge in [0.15, 0.2) is 0 Å². The second-order valence-electron chi connectivity index (χ2n) is 8.62. The lowest BCUT2D eigenvalue weighted by molar-refractivity contribution is -0.137. The molecule has 10 heteroatoms. The number of amides is 1. The zero-order chi connectivity index (χ0) is 23.6. The molecule has 0 spiro atoms. The predicted octanol–water partition coefficient (Wildman–Crippen LogP) is 5.03. The van der Waals surface area contributed by atoms with Crippen LogP contribution in [0.5, 0.6) is 0 Å². The summed E-state index contributed by atoms with van der Waals surface area (Å²) in [5.41, 5.74) is -4.05. The molecule has 1 saturated heterocycles. The Hall–Kier alpha value is -2.52. The van der Waals surface area contributed by atoms with Gasteiger partial charge < -0.3 is 19.7 Å². The van der Waals surface area contributed by atoms with Gasteiger partial charge in [0.1, 0.15) is 11.3 Å². The molecule has 0 aliphatic carbocycles. The first-order valence-corrected chi connectivity index (χ1v) is 9.89. The standard InChI is InChI=1S/C21H28F4N2O4/c1-13(20(22)8-10-27(11-9-20)18(29)31-19(2,3)4)26-16-12-14(17(28)30-5)6-7-15(16)21(23,24)25/h6-7,12-13,26H,8-11H2,1-5H3/t13-/m0/s1. The molecule has 0 radical (unpaired) electrons. The summed E-state index contributed by atoms with van der Waals surface area (Å²) in [6.45, 7) is 6.76. The van der Waals surface area contributed by atoms with Gasteiger partial charge in [-0.2, -0.15) is 13.2 Å². The number of benzene rings is 1. The number of esters is 1. The summed E-state index contributed by atoms with van der Waals surface area (Å²) >= 11 is 0. The van der Waals surface area contributed by atoms with Crippen molar-refractivity contribution < 1.29 is 36.6 Å². The molecule has 1 atom stereocenters. The number of hydrogen-bond donors (Lipinski definition) is 1. The van der Waals surface area contributed by atoms with E-state index < -0.39 is 46.8 Å². The number of nitrogens with one attached hydrogen (secondary N) is 1. The Morgan fingerprint density at radius 3 is 2.23 bits per heavy atom. The van der Waals surface area contributed by atoms with Crippen LogP contribution in [-0.2, 0) is 15.7 Å². The van der Waals surface area contributed by atoms with Crippen molar-refractivity contribution in [3.05, 3.63) is 29.3 Å². The smallest absolute Gasteiger partial charge is 0.418 e. The Kier molecular flexibility index (Phi) is 7.12. The molecule has 0 saturated carbocycles. The monoisotopic (exact) mass is 448 g/mol. The lowest BCUT2D eigenvalue weighted by atomic mass is 9.86. The number of anilines is 1. The molecule has 0 unspecified atom stereocenters. The van der Waals surface area contributed by atoms with Gasteiger partial charge >= 0.3 is 18.2 Å². The normalized spacial score (nSPS) is 17.6. The number of alkyl halides is 4. The van der Waals surface area contributed by atoms with E-state index in [2.05, 4.69) is 10.1 Å². The molecular formula is C21H28F4N2O4. The van der Waals surface area contributed by atoms with E-state index in [9.17, 15) is 22.8 Å². The third-order valence-electron chi connectivity index (χ3n) is 5.14. The van der Waals surface area contributed by atoms with E-state index >= 15 is 4.39 Å². The van der Waals surface area contributed by atoms with Crippen LogP contribution in [0, 0.1) is 0 Å². The molecule has 1 aliphatic heterocycles. The molecule has 31 heavy (non-hydrogen) atoms. The van der Waals surface area contributed by atoms with Crippen LogP contribution in [0.4, 0.5) is 28.0 Å². The number of methoxy groups -OCH3 is 1. The van der Waals surface area contributed by atoms with Gasteiger partial charge in [-0.05, 0) is 45.9 Å². The fourth-order valence-corrected chi connectivity index (χ4v) is 3.34. The minimum Gasteiger partial charge on any atom is -0.465 e. The van der Waals surface area contributed by atoms with Crippen molar-refractivity contribution in [3.63, 3.8) is 0 Å². The average Bonchev–Trinajstić information content (AvgIpc) is 2.65. The highest BCUT2D eigenvalue weighted by Gasteiger charge is 2.43. The van der Waals surface area contributed by atoms with Gasteiger partial charge in [0.05, 0.1) is 24.3 Å². The van der Waals surface area contributed by atoms with Crippen LogP contribution in [0.2, 0.25) is 0 Å². The highest BCUT2D eigenvalue weighted by molar-refractivity contribution is 5.90. The van der Waals surface area contributed by atoms with Crippen molar-refractivity contribution in [1.29, 1.82) is 0 Å². The fourth-order valence-electron chi connectivity index (χ4n) is 3.34. The third kappa shape index (κ3) is 6.24. The van der Waals surface area contributed by atoms with Crippen molar-refractivity contribution >= 4 is 17.7 Å². The molecule has 1 amide bonds. The van der Waals surface area contributed by atoms with E-state index in [-0.39, 0.29) is 31.5 Å². The molecule has 1 aromatic carbocycles. The Bertz CT molecular complexity index is 813. The van der Waals surface area contributed by atoms with Crippen LogP contribution in [0.1, 0.15) is 56.5 Å². The first kappa shape index (κ1) is 24.7. The molecular weight excluding hydrogens is 420 g/mol. The molecule has 1 aromatic rings. The number of hydrogen-bond acceptors (Lipinski definition) is 5. The maximum Gasteiger partial charge on any atom is 0.418 e. The Balaban J connectivity index is 2.16. The molecule has 174 valence electrons. The molecule has 1 aliphatic rings. The molecule has 1 heterocycles. The van der Waals surface area contributed by atoms with Crippen LogP contribution in [-0.4, -0.2) is 54.5 Å². The van der Waals surface area contributed by atoms with Gasteiger partial charge in [-0.15, -0.1) is 0 Å².